The molecule has 0 aliphatic carbocycles. The Morgan fingerprint density at radius 2 is 0.778 bits per heavy atom. The molecule has 0 saturated carbocycles. The third-order valence-electron chi connectivity index (χ3n) is 1.36. The Kier molecular flexibility index (Phi) is 74.6. The molecule has 162 valence electrons. The van der Waals surface area contributed by atoms with E-state index in [0.717, 1.165) is 0 Å². The Morgan fingerprint density at radius 3 is 0.815 bits per heavy atom. The summed E-state index contributed by atoms with van der Waals surface area (Å²) >= 11 is 0. The first-order valence-electron chi connectivity index (χ1n) is 8.44. The van der Waals surface area contributed by atoms with Crippen LogP contribution in [-0.4, -0.2) is 53.6 Å². The largest absolute Gasteiger partial charge is 0.466 e. The number of benzene rings is 1. The van der Waals surface area contributed by atoms with Crippen LogP contribution < -0.4 is 0 Å². The van der Waals surface area contributed by atoms with Gasteiger partial charge >= 0.3 is 11.9 Å². The number of rotatable bonds is 2. The zero-order valence-electron chi connectivity index (χ0n) is 18.7. The van der Waals surface area contributed by atoms with Crippen molar-refractivity contribution >= 4 is 11.9 Å². The van der Waals surface area contributed by atoms with E-state index in [2.05, 4.69) is 18.9 Å². The average Bonchev–Trinajstić information content (AvgIpc) is 2.60. The van der Waals surface area contributed by atoms with E-state index in [4.69, 9.17) is 0 Å². The van der Waals surface area contributed by atoms with Crippen LogP contribution >= 0.6 is 0 Å². The molecular weight excluding hydrogens is 520 g/mol. The molecule has 7 heteroatoms. The second-order valence-corrected chi connectivity index (χ2v) is 3.82. The Morgan fingerprint density at radius 1 is 0.630 bits per heavy atom. The minimum Gasteiger partial charge on any atom is -0.466 e. The molecule has 0 aliphatic heterocycles. The van der Waals surface area contributed by atoms with E-state index in [0.29, 0.717) is 13.2 Å². The van der Waals surface area contributed by atoms with Crippen LogP contribution in [0.2, 0.25) is 0 Å². The maximum Gasteiger partial charge on any atom is 0.302 e. The normalized spacial score (nSPS) is 6.74. The molecule has 0 radical (unpaired) electrons. The zero-order valence-corrected chi connectivity index (χ0v) is 21.7. The monoisotopic (exact) mass is 560 g/mol. The van der Waals surface area contributed by atoms with Crippen molar-refractivity contribution in [3.05, 3.63) is 36.4 Å². The molecule has 0 fully saturated rings. The molecule has 0 aliphatic rings. The minimum absolute atomic E-state index is 0. The van der Waals surface area contributed by atoms with Gasteiger partial charge in [-0.1, -0.05) is 50.2 Å². The second kappa shape index (κ2) is 49.8. The van der Waals surface area contributed by atoms with Crippen molar-refractivity contribution < 1.29 is 49.6 Å². The number of methoxy groups -OCH3 is 2. The molecule has 0 heterocycles. The predicted molar refractivity (Wildman–Crippen MR) is 108 cm³/mol. The van der Waals surface area contributed by atoms with Crippen molar-refractivity contribution in [3.63, 3.8) is 0 Å². The van der Waals surface area contributed by atoms with Crippen molar-refractivity contribution in [1.29, 1.82) is 0 Å². The molecule has 1 rings (SSSR count). The van der Waals surface area contributed by atoms with E-state index in [1.165, 1.54) is 13.8 Å². The van der Waals surface area contributed by atoms with Gasteiger partial charge in [0.25, 0.3) is 0 Å². The number of ether oxygens (including phenoxy) is 4. The summed E-state index contributed by atoms with van der Waals surface area (Å²) in [4.78, 5) is 19.6. The molecule has 0 amide bonds. The minimum atomic E-state index is -0.211. The molecule has 0 aromatic heterocycles. The van der Waals surface area contributed by atoms with Crippen molar-refractivity contribution in [2.24, 2.45) is 0 Å². The van der Waals surface area contributed by atoms with Gasteiger partial charge in [-0.25, -0.2) is 0 Å². The Bertz CT molecular complexity index is 290. The van der Waals surface area contributed by atoms with Gasteiger partial charge in [-0.2, -0.15) is 0 Å². The third kappa shape index (κ3) is 111. The van der Waals surface area contributed by atoms with Crippen molar-refractivity contribution in [1.82, 2.24) is 0 Å². The van der Waals surface area contributed by atoms with Crippen molar-refractivity contribution in [2.75, 3.05) is 41.7 Å². The van der Waals surface area contributed by atoms with Gasteiger partial charge in [0.1, 0.15) is 0 Å². The van der Waals surface area contributed by atoms with Crippen LogP contribution in [0.15, 0.2) is 36.4 Å². The maximum atomic E-state index is 9.82. The van der Waals surface area contributed by atoms with Gasteiger partial charge in [0.15, 0.2) is 0 Å². The van der Waals surface area contributed by atoms with E-state index in [1.807, 2.05) is 50.2 Å². The zero-order chi connectivity index (χ0) is 21.6. The van der Waals surface area contributed by atoms with E-state index >= 15 is 0 Å². The van der Waals surface area contributed by atoms with Crippen LogP contribution in [0.4, 0.5) is 0 Å². The maximum absolute atomic E-state index is 9.82. The number of hydrogen-bond acceptors (Lipinski definition) is 6. The first kappa shape index (κ1) is 40.5. The summed E-state index contributed by atoms with van der Waals surface area (Å²) in [5.74, 6) is -0.421. The summed E-state index contributed by atoms with van der Waals surface area (Å²) in [5.41, 5.74) is 0. The van der Waals surface area contributed by atoms with Crippen LogP contribution in [0.5, 0.6) is 0 Å². The van der Waals surface area contributed by atoms with Gasteiger partial charge < -0.3 is 18.9 Å². The molecule has 0 spiro atoms. The number of carbonyl (C=O) groups excluding carboxylic acids is 2. The number of esters is 2. The molecule has 0 N–H and O–H groups in total. The van der Waals surface area contributed by atoms with Gasteiger partial charge in [0.05, 0.1) is 13.2 Å². The fourth-order valence-electron chi connectivity index (χ4n) is 0.791. The first-order chi connectivity index (χ1) is 12.4. The van der Waals surface area contributed by atoms with E-state index in [9.17, 15) is 9.59 Å². The van der Waals surface area contributed by atoms with Crippen LogP contribution in [0.1, 0.15) is 41.5 Å². The second-order valence-electron chi connectivity index (χ2n) is 3.82. The van der Waals surface area contributed by atoms with Gasteiger partial charge in [-0.05, 0) is 13.8 Å². The molecule has 0 saturated heterocycles. The third-order valence-corrected chi connectivity index (χ3v) is 1.36. The van der Waals surface area contributed by atoms with Crippen LogP contribution in [-0.2, 0) is 49.6 Å². The van der Waals surface area contributed by atoms with Crippen LogP contribution in [0.3, 0.4) is 0 Å². The molecule has 0 bridgehead atoms. The molecule has 1 aromatic carbocycles. The average molecular weight is 560 g/mol. The summed E-state index contributed by atoms with van der Waals surface area (Å²) in [5, 5.41) is 0. The fourth-order valence-corrected chi connectivity index (χ4v) is 0.791. The molecule has 6 nitrogen and oxygen atoms in total. The quantitative estimate of drug-likeness (QED) is 0.501. The molecule has 0 unspecified atom stereocenters. The summed E-state index contributed by atoms with van der Waals surface area (Å²) in [7, 11) is 6.50. The van der Waals surface area contributed by atoms with E-state index < -0.39 is 0 Å². The molecular formula is C20H40O6W. The topological polar surface area (TPSA) is 71.1 Å². The number of hydrogen-bond donors (Lipinski definition) is 0. The first-order valence-corrected chi connectivity index (χ1v) is 8.44. The van der Waals surface area contributed by atoms with Gasteiger partial charge in [0, 0.05) is 63.4 Å². The Labute approximate surface area is 181 Å². The fraction of sp³-hybridized carbons (Fsp3) is 0.600. The summed E-state index contributed by atoms with van der Waals surface area (Å²) in [6.45, 7) is 11.3. The summed E-state index contributed by atoms with van der Waals surface area (Å²) in [6.07, 6.45) is 0. The van der Waals surface area contributed by atoms with Gasteiger partial charge in [-0.15, -0.1) is 0 Å². The van der Waals surface area contributed by atoms with Crippen LogP contribution in [0.25, 0.3) is 0 Å². The predicted octanol–water partition coefficient (Wildman–Crippen LogP) is 4.37. The Hall–Kier alpha value is -1.23. The molecule has 1 aromatic rings. The SMILES string of the molecule is CC.CCOC(C)=O.CCOC(C)=O.COC.COC.[W].c1ccccc1. The van der Waals surface area contributed by atoms with Gasteiger partial charge in [0.2, 0.25) is 0 Å². The smallest absolute Gasteiger partial charge is 0.302 e. The summed E-state index contributed by atoms with van der Waals surface area (Å²) in [6, 6.07) is 12.0. The Balaban J connectivity index is -0.0000000508. The van der Waals surface area contributed by atoms with Crippen molar-refractivity contribution in [3.8, 4) is 0 Å². The van der Waals surface area contributed by atoms with Crippen LogP contribution in [0, 0.1) is 0 Å². The molecule has 0 atom stereocenters. The number of carbonyl (C=O) groups is 2. The van der Waals surface area contributed by atoms with E-state index in [1.54, 1.807) is 42.3 Å². The van der Waals surface area contributed by atoms with E-state index in [-0.39, 0.29) is 33.0 Å². The summed E-state index contributed by atoms with van der Waals surface area (Å²) < 4.78 is 17.3. The molecule has 27 heavy (non-hydrogen) atoms. The standard InChI is InChI=1S/C6H6.2C4H8O2.2C2H6O.C2H6.W/c1-2-4-6-5-3-1;2*1-3-6-4(2)5;2*1-3-2;1-2;/h1-6H;2*3H2,1-2H3;2*1-2H3;1-2H3;. The van der Waals surface area contributed by atoms with Gasteiger partial charge in [-0.3, -0.25) is 9.59 Å². The van der Waals surface area contributed by atoms with Crippen molar-refractivity contribution in [2.45, 2.75) is 41.5 Å².